The molecule has 1 saturated heterocycles. The summed E-state index contributed by atoms with van der Waals surface area (Å²) in [5, 5.41) is 5.70. The number of nitrogens with one attached hydrogen (secondary N) is 2. The average Bonchev–Trinajstić information content (AvgIpc) is 3.07. The molecule has 1 spiro atoms. The summed E-state index contributed by atoms with van der Waals surface area (Å²) in [5.74, 6) is 0.172. The minimum absolute atomic E-state index is 0.0274. The highest BCUT2D eigenvalue weighted by molar-refractivity contribution is 5.96. The molecule has 3 rings (SSSR count). The van der Waals surface area contributed by atoms with E-state index < -0.39 is 0 Å². The Hall–Kier alpha value is -2.08. The summed E-state index contributed by atoms with van der Waals surface area (Å²) in [4.78, 5) is 24.3. The number of hydrogen-bond donors (Lipinski definition) is 2. The molecule has 0 radical (unpaired) electrons. The summed E-state index contributed by atoms with van der Waals surface area (Å²) in [6.07, 6.45) is 6.30. The SMILES string of the molecule is COc1cccc(C(=O)NCC(=O)NC2CCOC3(CCCC3)C2)c1. The van der Waals surface area contributed by atoms with Crippen molar-refractivity contribution < 1.29 is 19.1 Å². The fourth-order valence-electron chi connectivity index (χ4n) is 3.82. The van der Waals surface area contributed by atoms with Crippen molar-refractivity contribution in [3.8, 4) is 5.75 Å². The molecule has 1 unspecified atom stereocenters. The number of benzene rings is 1. The molecule has 1 atom stereocenters. The average molecular weight is 346 g/mol. The van der Waals surface area contributed by atoms with Crippen LogP contribution in [0.3, 0.4) is 0 Å². The summed E-state index contributed by atoms with van der Waals surface area (Å²) in [6, 6.07) is 6.99. The third kappa shape index (κ3) is 4.51. The van der Waals surface area contributed by atoms with E-state index >= 15 is 0 Å². The van der Waals surface area contributed by atoms with E-state index in [-0.39, 0.29) is 30.0 Å². The van der Waals surface area contributed by atoms with Crippen molar-refractivity contribution >= 4 is 11.8 Å². The van der Waals surface area contributed by atoms with E-state index in [0.29, 0.717) is 17.9 Å². The van der Waals surface area contributed by atoms with Gasteiger partial charge in [0, 0.05) is 18.2 Å². The predicted molar refractivity (Wildman–Crippen MR) is 93.6 cm³/mol. The molecule has 2 fully saturated rings. The maximum absolute atomic E-state index is 12.2. The van der Waals surface area contributed by atoms with E-state index in [1.165, 1.54) is 12.8 Å². The van der Waals surface area contributed by atoms with Crippen LogP contribution in [-0.4, -0.2) is 43.7 Å². The van der Waals surface area contributed by atoms with Crippen molar-refractivity contribution in [3.63, 3.8) is 0 Å². The van der Waals surface area contributed by atoms with Crippen LogP contribution in [-0.2, 0) is 9.53 Å². The van der Waals surface area contributed by atoms with Gasteiger partial charge in [-0.3, -0.25) is 9.59 Å². The highest BCUT2D eigenvalue weighted by atomic mass is 16.5. The van der Waals surface area contributed by atoms with Crippen molar-refractivity contribution in [3.05, 3.63) is 29.8 Å². The van der Waals surface area contributed by atoms with Crippen LogP contribution in [0.15, 0.2) is 24.3 Å². The minimum atomic E-state index is -0.284. The Kier molecular flexibility index (Phi) is 5.58. The third-order valence-electron chi connectivity index (χ3n) is 5.11. The predicted octanol–water partition coefficient (Wildman–Crippen LogP) is 2.03. The molecule has 1 aliphatic heterocycles. The molecule has 0 bridgehead atoms. The Bertz CT molecular complexity index is 626. The van der Waals surface area contributed by atoms with E-state index in [0.717, 1.165) is 25.7 Å². The normalized spacial score (nSPS) is 21.7. The van der Waals surface area contributed by atoms with Gasteiger partial charge in [-0.2, -0.15) is 0 Å². The zero-order chi connectivity index (χ0) is 17.7. The van der Waals surface area contributed by atoms with Crippen LogP contribution < -0.4 is 15.4 Å². The number of carbonyl (C=O) groups is 2. The van der Waals surface area contributed by atoms with Gasteiger partial charge in [0.25, 0.3) is 5.91 Å². The lowest BCUT2D eigenvalue weighted by Gasteiger charge is -2.38. The molecule has 2 aliphatic rings. The molecule has 6 heteroatoms. The molecular formula is C19H26N2O4. The zero-order valence-electron chi connectivity index (χ0n) is 14.7. The van der Waals surface area contributed by atoms with Gasteiger partial charge in [0.15, 0.2) is 0 Å². The second-order valence-electron chi connectivity index (χ2n) is 6.91. The van der Waals surface area contributed by atoms with Crippen molar-refractivity contribution in [2.45, 2.75) is 50.2 Å². The minimum Gasteiger partial charge on any atom is -0.497 e. The smallest absolute Gasteiger partial charge is 0.251 e. The molecule has 1 saturated carbocycles. The van der Waals surface area contributed by atoms with Gasteiger partial charge in [-0.25, -0.2) is 0 Å². The lowest BCUT2D eigenvalue weighted by Crippen LogP contribution is -2.49. The number of methoxy groups -OCH3 is 1. The van der Waals surface area contributed by atoms with Gasteiger partial charge in [-0.05, 0) is 43.9 Å². The van der Waals surface area contributed by atoms with Gasteiger partial charge in [-0.1, -0.05) is 18.9 Å². The largest absolute Gasteiger partial charge is 0.497 e. The van der Waals surface area contributed by atoms with Gasteiger partial charge in [0.1, 0.15) is 5.75 Å². The van der Waals surface area contributed by atoms with Crippen molar-refractivity contribution in [1.82, 2.24) is 10.6 Å². The molecule has 6 nitrogen and oxygen atoms in total. The van der Waals surface area contributed by atoms with Crippen LogP contribution in [0.2, 0.25) is 0 Å². The van der Waals surface area contributed by atoms with E-state index in [1.807, 2.05) is 0 Å². The molecule has 1 aliphatic carbocycles. The summed E-state index contributed by atoms with van der Waals surface area (Å²) in [7, 11) is 1.55. The van der Waals surface area contributed by atoms with Crippen molar-refractivity contribution in [2.24, 2.45) is 0 Å². The van der Waals surface area contributed by atoms with Crippen LogP contribution in [0.4, 0.5) is 0 Å². The fraction of sp³-hybridized carbons (Fsp3) is 0.579. The Morgan fingerprint density at radius 3 is 2.88 bits per heavy atom. The number of amides is 2. The quantitative estimate of drug-likeness (QED) is 0.855. The summed E-state index contributed by atoms with van der Waals surface area (Å²) < 4.78 is 11.1. The van der Waals surface area contributed by atoms with Crippen LogP contribution in [0.5, 0.6) is 5.75 Å². The Balaban J connectivity index is 1.46. The third-order valence-corrected chi connectivity index (χ3v) is 5.11. The summed E-state index contributed by atoms with van der Waals surface area (Å²) >= 11 is 0. The molecule has 1 aromatic carbocycles. The van der Waals surface area contributed by atoms with E-state index in [1.54, 1.807) is 31.4 Å². The monoisotopic (exact) mass is 346 g/mol. The topological polar surface area (TPSA) is 76.7 Å². The van der Waals surface area contributed by atoms with Crippen LogP contribution in [0.25, 0.3) is 0 Å². The number of hydrogen-bond acceptors (Lipinski definition) is 4. The molecule has 0 aromatic heterocycles. The van der Waals surface area contributed by atoms with E-state index in [9.17, 15) is 9.59 Å². The lowest BCUT2D eigenvalue weighted by atomic mass is 9.89. The second kappa shape index (κ2) is 7.87. The van der Waals surface area contributed by atoms with Crippen LogP contribution in [0.1, 0.15) is 48.9 Å². The number of ether oxygens (including phenoxy) is 2. The van der Waals surface area contributed by atoms with Crippen molar-refractivity contribution in [2.75, 3.05) is 20.3 Å². The second-order valence-corrected chi connectivity index (χ2v) is 6.91. The van der Waals surface area contributed by atoms with Gasteiger partial charge in [0.2, 0.25) is 5.91 Å². The summed E-state index contributed by atoms with van der Waals surface area (Å²) in [5.41, 5.74) is 0.447. The maximum atomic E-state index is 12.2. The first-order valence-corrected chi connectivity index (χ1v) is 8.96. The lowest BCUT2D eigenvalue weighted by molar-refractivity contribution is -0.124. The standard InChI is InChI=1S/C19H26N2O4/c1-24-16-6-4-5-14(11-16)18(23)20-13-17(22)21-15-7-10-25-19(12-15)8-2-3-9-19/h4-6,11,15H,2-3,7-10,12-13H2,1H3,(H,20,23)(H,21,22). The Morgan fingerprint density at radius 2 is 2.12 bits per heavy atom. The Labute approximate surface area is 148 Å². The molecule has 1 aromatic rings. The zero-order valence-corrected chi connectivity index (χ0v) is 14.7. The highest BCUT2D eigenvalue weighted by Gasteiger charge is 2.40. The number of rotatable bonds is 5. The van der Waals surface area contributed by atoms with Crippen LogP contribution in [0, 0.1) is 0 Å². The highest BCUT2D eigenvalue weighted by Crippen LogP contribution is 2.39. The molecule has 2 amide bonds. The Morgan fingerprint density at radius 1 is 1.32 bits per heavy atom. The van der Waals surface area contributed by atoms with Gasteiger partial charge >= 0.3 is 0 Å². The summed E-state index contributed by atoms with van der Waals surface area (Å²) in [6.45, 7) is 0.668. The van der Waals surface area contributed by atoms with Gasteiger partial charge in [-0.15, -0.1) is 0 Å². The molecule has 2 N–H and O–H groups in total. The van der Waals surface area contributed by atoms with E-state index in [4.69, 9.17) is 9.47 Å². The molecule has 136 valence electrons. The molecule has 25 heavy (non-hydrogen) atoms. The first-order chi connectivity index (χ1) is 12.1. The first kappa shape index (κ1) is 17.7. The molecule has 1 heterocycles. The maximum Gasteiger partial charge on any atom is 0.251 e. The van der Waals surface area contributed by atoms with Gasteiger partial charge in [0.05, 0.1) is 19.3 Å². The fourth-order valence-corrected chi connectivity index (χ4v) is 3.82. The van der Waals surface area contributed by atoms with E-state index in [2.05, 4.69) is 10.6 Å². The van der Waals surface area contributed by atoms with Crippen LogP contribution >= 0.6 is 0 Å². The first-order valence-electron chi connectivity index (χ1n) is 8.96. The van der Waals surface area contributed by atoms with Gasteiger partial charge < -0.3 is 20.1 Å². The van der Waals surface area contributed by atoms with Crippen molar-refractivity contribution in [1.29, 1.82) is 0 Å². The molecular weight excluding hydrogens is 320 g/mol. The number of carbonyl (C=O) groups excluding carboxylic acids is 2.